The number of aliphatic carboxylic acids is 1. The Kier molecular flexibility index (Phi) is 23.9. The summed E-state index contributed by atoms with van der Waals surface area (Å²) in [5.74, 6) is -0.670. The second kappa shape index (κ2) is 22.2. The molecule has 0 bridgehead atoms. The van der Waals surface area contributed by atoms with Gasteiger partial charge in [0.1, 0.15) is 0 Å². The number of rotatable bonds is 18. The maximum absolute atomic E-state index is 10.0. The number of unbranched alkanes of at least 4 members (excludes halogenated alkanes) is 8. The monoisotopic (exact) mass is 404 g/mol. The first-order valence-corrected chi connectivity index (χ1v) is 15.1. The summed E-state index contributed by atoms with van der Waals surface area (Å²) >= 11 is 0. The molecule has 0 saturated heterocycles. The average molecular weight is 405 g/mol. The quantitative estimate of drug-likeness (QED) is 0.184. The number of carboxylic acids is 1. The Morgan fingerprint density at radius 2 is 0.889 bits per heavy atom. The first-order valence-electron chi connectivity index (χ1n) is 12.2. The molecule has 1 N–H and O–H groups in total. The van der Waals surface area contributed by atoms with Gasteiger partial charge in [0.15, 0.2) is 0 Å². The van der Waals surface area contributed by atoms with Gasteiger partial charge in [-0.3, -0.25) is 4.79 Å². The number of carboxylic acid groups (broad SMARTS) is 1. The molecule has 0 fully saturated rings. The summed E-state index contributed by atoms with van der Waals surface area (Å²) in [7, 11) is -0.879. The third-order valence-electron chi connectivity index (χ3n) is 5.74. The van der Waals surface area contributed by atoms with Crippen molar-refractivity contribution >= 4 is 13.2 Å². The van der Waals surface area contributed by atoms with Crippen molar-refractivity contribution in [1.29, 1.82) is 0 Å². The van der Waals surface area contributed by atoms with E-state index in [1.54, 1.807) is 24.6 Å². The van der Waals surface area contributed by atoms with Crippen LogP contribution in [0.1, 0.15) is 125 Å². The van der Waals surface area contributed by atoms with Crippen LogP contribution in [0.4, 0.5) is 0 Å². The molecule has 0 aliphatic carbocycles. The average Bonchev–Trinajstić information content (AvgIpc) is 2.67. The molecule has 0 saturated carbocycles. The van der Waals surface area contributed by atoms with Crippen molar-refractivity contribution in [1.82, 2.24) is 0 Å². The fourth-order valence-corrected chi connectivity index (χ4v) is 9.75. The fraction of sp³-hybridized carbons (Fsp3) is 0.958. The van der Waals surface area contributed by atoms with Crippen molar-refractivity contribution in [2.45, 2.75) is 125 Å². The van der Waals surface area contributed by atoms with Crippen LogP contribution in [0, 0.1) is 0 Å². The molecule has 3 heteroatoms. The van der Waals surface area contributed by atoms with Gasteiger partial charge >= 0.3 is 117 Å². The number of hydrogen-bond acceptors (Lipinski definition) is 1. The van der Waals surface area contributed by atoms with Crippen LogP contribution in [0.2, 0.25) is 0 Å². The molecule has 0 amide bonds. The summed E-state index contributed by atoms with van der Waals surface area (Å²) in [5, 5.41) is 8.27. The summed E-state index contributed by atoms with van der Waals surface area (Å²) in [6, 6.07) is 0. The van der Waals surface area contributed by atoms with Crippen LogP contribution in [0.25, 0.3) is 0 Å². The van der Waals surface area contributed by atoms with Crippen LogP contribution in [0.3, 0.4) is 0 Å². The number of hydrogen-bond donors (Lipinski definition) is 1. The molecule has 27 heavy (non-hydrogen) atoms. The van der Waals surface area contributed by atoms with Crippen LogP contribution in [0.15, 0.2) is 0 Å². The molecule has 0 aromatic carbocycles. The predicted molar refractivity (Wildman–Crippen MR) is 128 cm³/mol. The van der Waals surface area contributed by atoms with Gasteiger partial charge in [-0.2, -0.15) is 0 Å². The Morgan fingerprint density at radius 1 is 0.556 bits per heavy atom. The van der Waals surface area contributed by atoms with Gasteiger partial charge in [0.25, 0.3) is 0 Å². The van der Waals surface area contributed by atoms with Gasteiger partial charge in [0, 0.05) is 6.42 Å². The molecule has 0 aromatic rings. The van der Waals surface area contributed by atoms with E-state index >= 15 is 0 Å². The Balaban J connectivity index is 0. The first-order chi connectivity index (χ1) is 13.0. The van der Waals surface area contributed by atoms with Crippen LogP contribution in [0.5, 0.6) is 0 Å². The summed E-state index contributed by atoms with van der Waals surface area (Å²) in [6.45, 7) is 11.6. The molecule has 0 unspecified atom stereocenters. The van der Waals surface area contributed by atoms with Gasteiger partial charge < -0.3 is 5.11 Å². The van der Waals surface area contributed by atoms with E-state index in [1.807, 2.05) is 0 Å². The van der Waals surface area contributed by atoms with E-state index in [0.29, 0.717) is 6.42 Å². The van der Waals surface area contributed by atoms with Crippen molar-refractivity contribution in [3.05, 3.63) is 0 Å². The minimum absolute atomic E-state index is 0.337. The summed E-state index contributed by atoms with van der Waals surface area (Å²) < 4.78 is 0. The molecule has 0 aromatic heterocycles. The minimum atomic E-state index is -0.879. The summed E-state index contributed by atoms with van der Waals surface area (Å²) in [5.41, 5.74) is 0. The molecule has 166 valence electrons. The molecular weight excluding hydrogens is 351 g/mol. The predicted octanol–water partition coefficient (Wildman–Crippen LogP) is 8.37. The molecular formula is C24H53O2P. The van der Waals surface area contributed by atoms with Gasteiger partial charge in [-0.25, -0.2) is 0 Å². The van der Waals surface area contributed by atoms with Crippen molar-refractivity contribution in [3.8, 4) is 0 Å². The summed E-state index contributed by atoms with van der Waals surface area (Å²) in [6.07, 6.45) is 24.0. The SMILES string of the molecule is CCCCCCCC(=O)O.CCCC[PH](CCCC)(CCCC)CCCC. The molecule has 0 spiro atoms. The molecule has 0 aliphatic rings. The van der Waals surface area contributed by atoms with E-state index < -0.39 is 13.2 Å². The van der Waals surface area contributed by atoms with E-state index in [9.17, 15) is 4.79 Å². The van der Waals surface area contributed by atoms with Gasteiger partial charge in [0.05, 0.1) is 0 Å². The van der Waals surface area contributed by atoms with E-state index in [1.165, 1.54) is 70.6 Å². The van der Waals surface area contributed by atoms with Crippen LogP contribution in [-0.4, -0.2) is 35.7 Å². The van der Waals surface area contributed by atoms with Crippen molar-refractivity contribution in [2.24, 2.45) is 0 Å². The Labute approximate surface area is 172 Å². The Bertz CT molecular complexity index is 267. The Hall–Kier alpha value is -0.100. The third-order valence-corrected chi connectivity index (χ3v) is 11.4. The topological polar surface area (TPSA) is 37.3 Å². The zero-order valence-corrected chi connectivity index (χ0v) is 20.6. The Morgan fingerprint density at radius 3 is 1.19 bits per heavy atom. The van der Waals surface area contributed by atoms with Crippen molar-refractivity contribution < 1.29 is 9.90 Å². The summed E-state index contributed by atoms with van der Waals surface area (Å²) in [4.78, 5) is 10.0. The van der Waals surface area contributed by atoms with Crippen LogP contribution in [-0.2, 0) is 4.79 Å². The maximum atomic E-state index is 10.0. The molecule has 0 heterocycles. The van der Waals surface area contributed by atoms with Gasteiger partial charge in [-0.15, -0.1) is 0 Å². The van der Waals surface area contributed by atoms with Crippen molar-refractivity contribution in [2.75, 3.05) is 24.6 Å². The van der Waals surface area contributed by atoms with Crippen LogP contribution >= 0.6 is 7.26 Å². The first kappa shape index (κ1) is 29.1. The second-order valence-electron chi connectivity index (χ2n) is 8.47. The van der Waals surface area contributed by atoms with Crippen LogP contribution < -0.4 is 0 Å². The number of carbonyl (C=O) groups is 1. The van der Waals surface area contributed by atoms with E-state index in [4.69, 9.17) is 5.11 Å². The molecule has 0 rings (SSSR count). The fourth-order valence-electron chi connectivity index (χ4n) is 3.84. The van der Waals surface area contributed by atoms with E-state index in [-0.39, 0.29) is 0 Å². The normalized spacial score (nSPS) is 11.7. The third kappa shape index (κ3) is 20.4. The van der Waals surface area contributed by atoms with Crippen molar-refractivity contribution in [3.63, 3.8) is 0 Å². The molecule has 0 radical (unpaired) electrons. The second-order valence-corrected chi connectivity index (χ2v) is 13.5. The molecule has 2 nitrogen and oxygen atoms in total. The van der Waals surface area contributed by atoms with Gasteiger partial charge in [0.2, 0.25) is 0 Å². The zero-order valence-electron chi connectivity index (χ0n) is 19.6. The molecule has 0 atom stereocenters. The van der Waals surface area contributed by atoms with Gasteiger partial charge in [-0.05, 0) is 6.42 Å². The molecule has 0 aliphatic heterocycles. The van der Waals surface area contributed by atoms with E-state index in [0.717, 1.165) is 12.8 Å². The standard InChI is InChI=1S/C16H37P.C8H16O2/c1-5-9-13-17(14-10-6-2,15-11-7-3)16-12-8-4;1-2-3-4-5-6-7-8(9)10/h17H,5-16H2,1-4H3;2-7H2,1H3,(H,9,10). The van der Waals surface area contributed by atoms with Gasteiger partial charge in [-0.1, -0.05) is 32.6 Å². The van der Waals surface area contributed by atoms with E-state index in [2.05, 4.69) is 34.6 Å². The zero-order chi connectivity index (χ0) is 20.8.